The second kappa shape index (κ2) is 7.43. The van der Waals surface area contributed by atoms with E-state index in [1.165, 1.54) is 6.26 Å². The van der Waals surface area contributed by atoms with E-state index >= 15 is 0 Å². The zero-order valence-corrected chi connectivity index (χ0v) is 16.3. The average molecular weight is 382 g/mol. The summed E-state index contributed by atoms with van der Waals surface area (Å²) >= 11 is 0.972. The van der Waals surface area contributed by atoms with E-state index in [-0.39, 0.29) is 5.92 Å². The molecule has 7 nitrogen and oxygen atoms in total. The number of likely N-dealkylation sites (tertiary alicyclic amines) is 1. The fraction of sp³-hybridized carbons (Fsp3) is 0.625. The van der Waals surface area contributed by atoms with Gasteiger partial charge in [0.2, 0.25) is 0 Å². The Morgan fingerprint density at radius 3 is 2.68 bits per heavy atom. The monoisotopic (exact) mass is 381 g/mol. The molecule has 136 valence electrons. The van der Waals surface area contributed by atoms with Gasteiger partial charge in [-0.1, -0.05) is 18.3 Å². The molecule has 1 unspecified atom stereocenters. The summed E-state index contributed by atoms with van der Waals surface area (Å²) < 4.78 is 28.0. The van der Waals surface area contributed by atoms with Crippen LogP contribution in [0.5, 0.6) is 0 Å². The van der Waals surface area contributed by atoms with Gasteiger partial charge < -0.3 is 0 Å². The molecule has 1 saturated heterocycles. The SMILES string of the molecule is CC(C)c1ncc(CN2CCCC(c3nnsc3S(C)(=O)=O)C2)cn1. The second-order valence-electron chi connectivity index (χ2n) is 6.90. The topological polar surface area (TPSA) is 88.9 Å². The lowest BCUT2D eigenvalue weighted by atomic mass is 9.95. The highest BCUT2D eigenvalue weighted by atomic mass is 32.2. The van der Waals surface area contributed by atoms with E-state index in [4.69, 9.17) is 0 Å². The molecule has 0 amide bonds. The molecule has 3 heterocycles. The number of aromatic nitrogens is 4. The van der Waals surface area contributed by atoms with Crippen molar-refractivity contribution in [1.29, 1.82) is 0 Å². The van der Waals surface area contributed by atoms with Crippen LogP contribution in [-0.2, 0) is 16.4 Å². The molecule has 0 saturated carbocycles. The first-order valence-corrected chi connectivity index (χ1v) is 11.1. The first-order chi connectivity index (χ1) is 11.8. The molecule has 1 aliphatic heterocycles. The summed E-state index contributed by atoms with van der Waals surface area (Å²) in [7, 11) is -3.27. The number of hydrogen-bond donors (Lipinski definition) is 0. The molecule has 9 heteroatoms. The Hall–Kier alpha value is -1.45. The van der Waals surface area contributed by atoms with Crippen molar-refractivity contribution in [3.63, 3.8) is 0 Å². The molecule has 0 spiro atoms. The molecule has 0 N–H and O–H groups in total. The van der Waals surface area contributed by atoms with E-state index in [1.807, 2.05) is 12.4 Å². The Kier molecular flexibility index (Phi) is 5.45. The number of sulfone groups is 1. The minimum absolute atomic E-state index is 0.105. The van der Waals surface area contributed by atoms with Gasteiger partial charge in [0.25, 0.3) is 0 Å². The Labute approximate surface area is 152 Å². The van der Waals surface area contributed by atoms with Crippen LogP contribution < -0.4 is 0 Å². The van der Waals surface area contributed by atoms with Crippen molar-refractivity contribution in [2.75, 3.05) is 19.3 Å². The van der Waals surface area contributed by atoms with Crippen LogP contribution in [0.25, 0.3) is 0 Å². The number of piperidine rings is 1. The van der Waals surface area contributed by atoms with E-state index in [0.717, 1.165) is 55.4 Å². The lowest BCUT2D eigenvalue weighted by molar-refractivity contribution is 0.197. The van der Waals surface area contributed by atoms with E-state index in [2.05, 4.69) is 38.3 Å². The van der Waals surface area contributed by atoms with Crippen molar-refractivity contribution in [3.05, 3.63) is 29.5 Å². The highest BCUT2D eigenvalue weighted by Gasteiger charge is 2.29. The molecule has 3 rings (SSSR count). The highest BCUT2D eigenvalue weighted by molar-refractivity contribution is 7.92. The molecule has 0 aromatic carbocycles. The number of nitrogens with zero attached hydrogens (tertiary/aromatic N) is 5. The highest BCUT2D eigenvalue weighted by Crippen LogP contribution is 2.32. The minimum atomic E-state index is -3.27. The molecule has 0 radical (unpaired) electrons. The molecular weight excluding hydrogens is 358 g/mol. The van der Waals surface area contributed by atoms with Gasteiger partial charge in [0.05, 0.1) is 5.69 Å². The van der Waals surface area contributed by atoms with Crippen LogP contribution in [0, 0.1) is 0 Å². The van der Waals surface area contributed by atoms with Gasteiger partial charge in [0.15, 0.2) is 14.0 Å². The van der Waals surface area contributed by atoms with Crippen LogP contribution in [0.1, 0.15) is 55.6 Å². The first kappa shape index (κ1) is 18.3. The van der Waals surface area contributed by atoms with Gasteiger partial charge in [-0.2, -0.15) is 0 Å². The Morgan fingerprint density at radius 2 is 2.04 bits per heavy atom. The molecule has 0 aliphatic carbocycles. The van der Waals surface area contributed by atoms with Gasteiger partial charge in [0.1, 0.15) is 5.82 Å². The summed E-state index contributed by atoms with van der Waals surface area (Å²) in [4.78, 5) is 11.2. The van der Waals surface area contributed by atoms with E-state index in [9.17, 15) is 8.42 Å². The molecule has 1 aliphatic rings. The maximum absolute atomic E-state index is 11.9. The smallest absolute Gasteiger partial charge is 0.188 e. The molecular formula is C16H23N5O2S2. The van der Waals surface area contributed by atoms with Crippen molar-refractivity contribution in [3.8, 4) is 0 Å². The fourth-order valence-electron chi connectivity index (χ4n) is 3.12. The van der Waals surface area contributed by atoms with Crippen molar-refractivity contribution in [2.24, 2.45) is 0 Å². The zero-order valence-electron chi connectivity index (χ0n) is 14.7. The largest absolute Gasteiger partial charge is 0.298 e. The lowest BCUT2D eigenvalue weighted by Gasteiger charge is -2.31. The van der Waals surface area contributed by atoms with Crippen molar-refractivity contribution >= 4 is 21.4 Å². The normalized spacial score (nSPS) is 19.4. The molecule has 2 aromatic rings. The third-order valence-corrected chi connectivity index (χ3v) is 6.91. The maximum atomic E-state index is 11.9. The summed E-state index contributed by atoms with van der Waals surface area (Å²) in [6, 6.07) is 0. The van der Waals surface area contributed by atoms with Gasteiger partial charge in [0, 0.05) is 60.7 Å². The van der Waals surface area contributed by atoms with Crippen LogP contribution >= 0.6 is 11.5 Å². The minimum Gasteiger partial charge on any atom is -0.298 e. The molecule has 1 fully saturated rings. The van der Waals surface area contributed by atoms with Crippen molar-refractivity contribution in [1.82, 2.24) is 24.5 Å². The summed E-state index contributed by atoms with van der Waals surface area (Å²) in [5.41, 5.74) is 1.70. The third-order valence-electron chi connectivity index (χ3n) is 4.36. The van der Waals surface area contributed by atoms with E-state index in [0.29, 0.717) is 15.8 Å². The maximum Gasteiger partial charge on any atom is 0.188 e. The second-order valence-corrected chi connectivity index (χ2v) is 9.86. The standard InChI is InChI=1S/C16H23N5O2S2/c1-11(2)15-17-7-12(8-18-15)9-21-6-4-5-13(10-21)14-16(24-20-19-14)25(3,22)23/h7-8,11,13H,4-6,9-10H2,1-3H3. The first-order valence-electron chi connectivity index (χ1n) is 8.40. The fourth-order valence-corrected chi connectivity index (χ4v) is 4.85. The third kappa shape index (κ3) is 4.39. The van der Waals surface area contributed by atoms with E-state index < -0.39 is 9.84 Å². The van der Waals surface area contributed by atoms with Crippen molar-refractivity contribution < 1.29 is 8.42 Å². The average Bonchev–Trinajstić information content (AvgIpc) is 3.05. The molecule has 25 heavy (non-hydrogen) atoms. The number of hydrogen-bond acceptors (Lipinski definition) is 8. The quantitative estimate of drug-likeness (QED) is 0.784. The van der Waals surface area contributed by atoms with Gasteiger partial charge >= 0.3 is 0 Å². The summed E-state index contributed by atoms with van der Waals surface area (Å²) in [6.07, 6.45) is 6.94. The van der Waals surface area contributed by atoms with E-state index in [1.54, 1.807) is 0 Å². The molecule has 2 aromatic heterocycles. The molecule has 0 bridgehead atoms. The van der Waals surface area contributed by atoms with Gasteiger partial charge in [-0.25, -0.2) is 18.4 Å². The van der Waals surface area contributed by atoms with Crippen molar-refractivity contribution in [2.45, 2.75) is 49.3 Å². The summed E-state index contributed by atoms with van der Waals surface area (Å²) in [5.74, 6) is 1.28. The van der Waals surface area contributed by atoms with Crippen LogP contribution in [-0.4, -0.2) is 52.2 Å². The van der Waals surface area contributed by atoms with Gasteiger partial charge in [-0.15, -0.1) is 5.10 Å². The number of rotatable bonds is 5. The Balaban J connectivity index is 1.70. The summed E-state index contributed by atoms with van der Waals surface area (Å²) in [6.45, 7) is 6.67. The Bertz CT molecular complexity index is 817. The zero-order chi connectivity index (χ0) is 18.0. The Morgan fingerprint density at radius 1 is 1.32 bits per heavy atom. The molecule has 1 atom stereocenters. The van der Waals surface area contributed by atoms with Gasteiger partial charge in [-0.3, -0.25) is 4.90 Å². The lowest BCUT2D eigenvalue weighted by Crippen LogP contribution is -2.34. The van der Waals surface area contributed by atoms with Gasteiger partial charge in [-0.05, 0) is 19.4 Å². The van der Waals surface area contributed by atoms with Crippen LogP contribution in [0.2, 0.25) is 0 Å². The van der Waals surface area contributed by atoms with Crippen LogP contribution in [0.15, 0.2) is 16.6 Å². The predicted octanol–water partition coefficient (Wildman–Crippen LogP) is 2.23. The predicted molar refractivity (Wildman–Crippen MR) is 96.4 cm³/mol. The summed E-state index contributed by atoms with van der Waals surface area (Å²) in [5, 5.41) is 4.12. The van der Waals surface area contributed by atoms with Crippen LogP contribution in [0.4, 0.5) is 0 Å². The van der Waals surface area contributed by atoms with Crippen LogP contribution in [0.3, 0.4) is 0 Å².